The predicted molar refractivity (Wildman–Crippen MR) is 151 cm³/mol. The molecule has 0 spiro atoms. The van der Waals surface area contributed by atoms with Gasteiger partial charge in [-0.05, 0) is 88.7 Å². The van der Waals surface area contributed by atoms with Gasteiger partial charge in [0.15, 0.2) is 6.61 Å². The predicted octanol–water partition coefficient (Wildman–Crippen LogP) is 4.11. The zero-order chi connectivity index (χ0) is 27.3. The third-order valence-corrected chi connectivity index (χ3v) is 8.64. The molecule has 0 aromatic heterocycles. The van der Waals surface area contributed by atoms with Crippen molar-refractivity contribution in [1.82, 2.24) is 4.31 Å². The van der Waals surface area contributed by atoms with E-state index in [0.29, 0.717) is 17.8 Å². The lowest BCUT2D eigenvalue weighted by atomic mass is 9.92. The first-order chi connectivity index (χ1) is 18.1. The van der Waals surface area contributed by atoms with Crippen LogP contribution in [0.4, 0.5) is 11.4 Å². The maximum atomic E-state index is 13.6. The van der Waals surface area contributed by atoms with Crippen molar-refractivity contribution in [2.75, 3.05) is 23.8 Å². The fourth-order valence-electron chi connectivity index (χ4n) is 4.27. The van der Waals surface area contributed by atoms with Crippen LogP contribution in [-0.4, -0.2) is 43.7 Å². The number of halogens is 1. The van der Waals surface area contributed by atoms with Gasteiger partial charge in [0, 0.05) is 28.4 Å². The lowest BCUT2D eigenvalue weighted by Gasteiger charge is -2.36. The molecule has 2 N–H and O–H groups in total. The summed E-state index contributed by atoms with van der Waals surface area (Å²) in [5, 5.41) is 5.27. The average molecular weight is 647 g/mol. The van der Waals surface area contributed by atoms with Crippen molar-refractivity contribution < 1.29 is 27.5 Å². The Morgan fingerprint density at radius 3 is 2.26 bits per heavy atom. The van der Waals surface area contributed by atoms with Crippen LogP contribution in [0, 0.1) is 3.57 Å². The van der Waals surface area contributed by atoms with Crippen molar-refractivity contribution in [3.63, 3.8) is 0 Å². The summed E-state index contributed by atoms with van der Waals surface area (Å²) in [6.45, 7) is 1.06. The van der Waals surface area contributed by atoms with Gasteiger partial charge in [0.05, 0.1) is 17.4 Å². The highest BCUT2D eigenvalue weighted by Crippen LogP contribution is 2.36. The second-order valence-corrected chi connectivity index (χ2v) is 11.8. The van der Waals surface area contributed by atoms with Gasteiger partial charge in [0.2, 0.25) is 15.9 Å². The SMILES string of the molecule is CC(=O)Nc1ccc(S(=O)(=O)N2CCc3ccccc3[C@H]2CC(=O)OCC(=O)Nc2ccc(I)cc2)cc1. The summed E-state index contributed by atoms with van der Waals surface area (Å²) in [4.78, 5) is 36.4. The maximum Gasteiger partial charge on any atom is 0.308 e. The molecule has 9 nitrogen and oxygen atoms in total. The van der Waals surface area contributed by atoms with E-state index in [0.717, 1.165) is 14.7 Å². The van der Waals surface area contributed by atoms with Crippen LogP contribution in [0.15, 0.2) is 77.7 Å². The minimum atomic E-state index is -3.99. The molecule has 1 atom stereocenters. The first kappa shape index (κ1) is 27.7. The van der Waals surface area contributed by atoms with Crippen molar-refractivity contribution in [1.29, 1.82) is 0 Å². The largest absolute Gasteiger partial charge is 0.456 e. The Morgan fingerprint density at radius 1 is 0.947 bits per heavy atom. The van der Waals surface area contributed by atoms with Gasteiger partial charge in [0.25, 0.3) is 5.91 Å². The zero-order valence-electron chi connectivity index (χ0n) is 20.5. The molecule has 1 aliphatic rings. The Bertz CT molecular complexity index is 1440. The van der Waals surface area contributed by atoms with Gasteiger partial charge in [-0.25, -0.2) is 8.42 Å². The van der Waals surface area contributed by atoms with Gasteiger partial charge < -0.3 is 15.4 Å². The van der Waals surface area contributed by atoms with E-state index >= 15 is 0 Å². The first-order valence-electron chi connectivity index (χ1n) is 11.8. The fourth-order valence-corrected chi connectivity index (χ4v) is 6.24. The molecule has 0 radical (unpaired) electrons. The Labute approximate surface area is 234 Å². The van der Waals surface area contributed by atoms with Gasteiger partial charge in [-0.15, -0.1) is 0 Å². The molecule has 1 aliphatic heterocycles. The number of nitrogens with zero attached hydrogens (tertiary/aromatic N) is 1. The molecule has 11 heteroatoms. The van der Waals surface area contributed by atoms with E-state index < -0.39 is 34.5 Å². The third kappa shape index (κ3) is 6.77. The Hall–Kier alpha value is -3.29. The molecule has 38 heavy (non-hydrogen) atoms. The number of carbonyl (C=O) groups is 3. The van der Waals surface area contributed by atoms with Crippen molar-refractivity contribution in [2.24, 2.45) is 0 Å². The van der Waals surface area contributed by atoms with Gasteiger partial charge in [0.1, 0.15) is 0 Å². The number of ether oxygens (including phenoxy) is 1. The molecule has 198 valence electrons. The summed E-state index contributed by atoms with van der Waals surface area (Å²) in [6, 6.07) is 19.6. The van der Waals surface area contributed by atoms with Gasteiger partial charge in [-0.3, -0.25) is 14.4 Å². The molecule has 4 rings (SSSR count). The smallest absolute Gasteiger partial charge is 0.308 e. The number of rotatable bonds is 8. The van der Waals surface area contributed by atoms with E-state index in [-0.39, 0.29) is 23.8 Å². The molecular weight excluding hydrogens is 621 g/mol. The molecular formula is C27H26IN3O6S. The number of esters is 1. The summed E-state index contributed by atoms with van der Waals surface area (Å²) in [5.74, 6) is -1.45. The molecule has 0 fully saturated rings. The quantitative estimate of drug-likeness (QED) is 0.281. The van der Waals surface area contributed by atoms with Crippen LogP contribution in [-0.2, 0) is 35.6 Å². The normalized spacial score (nSPS) is 15.3. The molecule has 0 bridgehead atoms. The number of anilines is 2. The van der Waals surface area contributed by atoms with Gasteiger partial charge >= 0.3 is 5.97 Å². The second kappa shape index (κ2) is 12.0. The minimum absolute atomic E-state index is 0.0428. The summed E-state index contributed by atoms with van der Waals surface area (Å²) in [7, 11) is -3.99. The van der Waals surface area contributed by atoms with Crippen LogP contribution in [0.5, 0.6) is 0 Å². The molecule has 0 unspecified atom stereocenters. The van der Waals surface area contributed by atoms with Crippen LogP contribution < -0.4 is 10.6 Å². The van der Waals surface area contributed by atoms with Crippen molar-refractivity contribution in [3.8, 4) is 0 Å². The van der Waals surface area contributed by atoms with Crippen LogP contribution >= 0.6 is 22.6 Å². The highest BCUT2D eigenvalue weighted by atomic mass is 127. The highest BCUT2D eigenvalue weighted by Gasteiger charge is 2.38. The zero-order valence-corrected chi connectivity index (χ0v) is 23.5. The standard InChI is InChI=1S/C27H26IN3O6S/c1-18(32)29-21-10-12-23(13-11-21)38(35,36)31-15-14-19-4-2-3-5-24(19)25(31)16-27(34)37-17-26(33)30-22-8-6-20(28)7-9-22/h2-13,25H,14-17H2,1H3,(H,29,32)(H,30,33)/t25-/m1/s1. The number of hydrogen-bond donors (Lipinski definition) is 2. The van der Waals surface area contributed by atoms with Crippen LogP contribution in [0.1, 0.15) is 30.5 Å². The van der Waals surface area contributed by atoms with Crippen molar-refractivity contribution in [3.05, 3.63) is 87.5 Å². The van der Waals surface area contributed by atoms with Crippen molar-refractivity contribution >= 4 is 61.8 Å². The topological polar surface area (TPSA) is 122 Å². The van der Waals surface area contributed by atoms with Crippen LogP contribution in [0.25, 0.3) is 0 Å². The number of fused-ring (bicyclic) bond motifs is 1. The number of amides is 2. The summed E-state index contributed by atoms with van der Waals surface area (Å²) >= 11 is 2.15. The fraction of sp³-hybridized carbons (Fsp3) is 0.222. The van der Waals surface area contributed by atoms with Crippen LogP contribution in [0.3, 0.4) is 0 Å². The van der Waals surface area contributed by atoms with E-state index in [9.17, 15) is 22.8 Å². The summed E-state index contributed by atoms with van der Waals surface area (Å²) in [6.07, 6.45) is 0.236. The Morgan fingerprint density at radius 2 is 1.58 bits per heavy atom. The summed E-state index contributed by atoms with van der Waals surface area (Å²) in [5.41, 5.74) is 2.73. The Balaban J connectivity index is 1.49. The molecule has 0 aliphatic carbocycles. The molecule has 3 aromatic rings. The van der Waals surface area contributed by atoms with Gasteiger partial charge in [-0.2, -0.15) is 4.31 Å². The lowest BCUT2D eigenvalue weighted by Crippen LogP contribution is -2.41. The number of hydrogen-bond acceptors (Lipinski definition) is 6. The number of nitrogens with one attached hydrogen (secondary N) is 2. The third-order valence-electron chi connectivity index (χ3n) is 6.00. The number of benzene rings is 3. The molecule has 2 amide bonds. The highest BCUT2D eigenvalue weighted by molar-refractivity contribution is 14.1. The van der Waals surface area contributed by atoms with Crippen molar-refractivity contribution in [2.45, 2.75) is 30.7 Å². The van der Waals surface area contributed by atoms with E-state index in [1.807, 2.05) is 24.3 Å². The van der Waals surface area contributed by atoms with E-state index in [1.54, 1.807) is 24.3 Å². The maximum absolute atomic E-state index is 13.6. The molecule has 0 saturated carbocycles. The van der Waals surface area contributed by atoms with E-state index in [4.69, 9.17) is 4.74 Å². The first-order valence-corrected chi connectivity index (χ1v) is 14.3. The van der Waals surface area contributed by atoms with Crippen LogP contribution in [0.2, 0.25) is 0 Å². The Kier molecular flexibility index (Phi) is 8.80. The molecule has 3 aromatic carbocycles. The number of carbonyl (C=O) groups excluding carboxylic acids is 3. The summed E-state index contributed by atoms with van der Waals surface area (Å²) < 4.78 is 34.8. The average Bonchev–Trinajstić information content (AvgIpc) is 2.89. The monoisotopic (exact) mass is 647 g/mol. The van der Waals surface area contributed by atoms with Gasteiger partial charge in [-0.1, -0.05) is 24.3 Å². The van der Waals surface area contributed by atoms with E-state index in [1.165, 1.54) is 35.5 Å². The molecule has 1 heterocycles. The number of sulfonamides is 1. The minimum Gasteiger partial charge on any atom is -0.456 e. The van der Waals surface area contributed by atoms with E-state index in [2.05, 4.69) is 33.2 Å². The lowest BCUT2D eigenvalue weighted by molar-refractivity contribution is -0.148. The molecule has 0 saturated heterocycles. The second-order valence-electron chi connectivity index (χ2n) is 8.71.